The molecule has 1 aliphatic rings. The van der Waals surface area contributed by atoms with Crippen molar-refractivity contribution >= 4 is 15.7 Å². The molecule has 0 radical (unpaired) electrons. The van der Waals surface area contributed by atoms with E-state index in [4.69, 9.17) is 11.0 Å². The molecule has 0 atom stereocenters. The predicted octanol–water partition coefficient (Wildman–Crippen LogP) is 1.75. The second-order valence-electron chi connectivity index (χ2n) is 5.24. The summed E-state index contributed by atoms with van der Waals surface area (Å²) in [5, 5.41) is 8.76. The highest BCUT2D eigenvalue weighted by Gasteiger charge is 2.34. The third kappa shape index (κ3) is 2.88. The van der Waals surface area contributed by atoms with Gasteiger partial charge in [0, 0.05) is 5.54 Å². The maximum atomic E-state index is 12.3. The summed E-state index contributed by atoms with van der Waals surface area (Å²) in [4.78, 5) is 0.0413. The molecule has 102 valence electrons. The lowest BCUT2D eigenvalue weighted by Gasteiger charge is -2.25. The van der Waals surface area contributed by atoms with Gasteiger partial charge in [-0.05, 0) is 38.0 Å². The smallest absolute Gasteiger partial charge is 0.243 e. The van der Waals surface area contributed by atoms with Gasteiger partial charge >= 0.3 is 0 Å². The Labute approximate surface area is 113 Å². The normalized spacial score (nSPS) is 18.1. The molecule has 0 heterocycles. The Bertz CT molecular complexity index is 626. The fourth-order valence-corrected chi connectivity index (χ4v) is 4.08. The zero-order valence-corrected chi connectivity index (χ0v) is 11.6. The number of nitrogens with zero attached hydrogens (tertiary/aromatic N) is 1. The Morgan fingerprint density at radius 1 is 1.37 bits per heavy atom. The molecule has 0 aromatic heterocycles. The number of nitrogen functional groups attached to an aromatic ring is 1. The summed E-state index contributed by atoms with van der Waals surface area (Å²) >= 11 is 0. The van der Waals surface area contributed by atoms with Gasteiger partial charge in [0.15, 0.2) is 0 Å². The molecule has 3 N–H and O–H groups in total. The zero-order chi connectivity index (χ0) is 14.1. The van der Waals surface area contributed by atoms with Crippen molar-refractivity contribution in [2.75, 3.05) is 5.73 Å². The second-order valence-corrected chi connectivity index (χ2v) is 6.89. The maximum absolute atomic E-state index is 12.3. The van der Waals surface area contributed by atoms with Crippen LogP contribution in [0.25, 0.3) is 0 Å². The van der Waals surface area contributed by atoms with Crippen molar-refractivity contribution < 1.29 is 8.42 Å². The van der Waals surface area contributed by atoms with Crippen LogP contribution in [-0.2, 0) is 10.0 Å². The molecule has 1 fully saturated rings. The average molecular weight is 279 g/mol. The van der Waals surface area contributed by atoms with Crippen LogP contribution in [0.4, 0.5) is 5.69 Å². The van der Waals surface area contributed by atoms with E-state index in [1.54, 1.807) is 0 Å². The predicted molar refractivity (Wildman–Crippen MR) is 72.8 cm³/mol. The molecule has 1 aliphatic carbocycles. The number of rotatable bonds is 3. The minimum Gasteiger partial charge on any atom is -0.398 e. The van der Waals surface area contributed by atoms with Crippen molar-refractivity contribution in [1.29, 1.82) is 5.26 Å². The number of hydrogen-bond acceptors (Lipinski definition) is 4. The first kappa shape index (κ1) is 13.8. The van der Waals surface area contributed by atoms with Crippen molar-refractivity contribution in [2.24, 2.45) is 0 Å². The highest BCUT2D eigenvalue weighted by atomic mass is 32.2. The highest BCUT2D eigenvalue weighted by molar-refractivity contribution is 7.89. The molecule has 0 bridgehead atoms. The van der Waals surface area contributed by atoms with Gasteiger partial charge in [-0.3, -0.25) is 0 Å². The number of sulfonamides is 1. The maximum Gasteiger partial charge on any atom is 0.243 e. The van der Waals surface area contributed by atoms with Crippen LogP contribution in [0, 0.1) is 11.3 Å². The number of hydrogen-bond donors (Lipinski definition) is 2. The van der Waals surface area contributed by atoms with Crippen molar-refractivity contribution in [3.05, 3.63) is 23.8 Å². The fourth-order valence-electron chi connectivity index (χ4n) is 2.50. The minimum absolute atomic E-state index is 0.0413. The van der Waals surface area contributed by atoms with Crippen molar-refractivity contribution in [1.82, 2.24) is 4.72 Å². The van der Waals surface area contributed by atoms with E-state index >= 15 is 0 Å². The molecule has 19 heavy (non-hydrogen) atoms. The lowest BCUT2D eigenvalue weighted by Crippen LogP contribution is -2.43. The van der Waals surface area contributed by atoms with E-state index in [9.17, 15) is 8.42 Å². The van der Waals surface area contributed by atoms with Crippen molar-refractivity contribution in [3.63, 3.8) is 0 Å². The van der Waals surface area contributed by atoms with E-state index in [1.165, 1.54) is 18.2 Å². The van der Waals surface area contributed by atoms with Crippen molar-refractivity contribution in [2.45, 2.75) is 43.0 Å². The second kappa shape index (κ2) is 4.83. The van der Waals surface area contributed by atoms with Gasteiger partial charge in [-0.1, -0.05) is 12.8 Å². The van der Waals surface area contributed by atoms with E-state index in [1.807, 2.05) is 13.0 Å². The summed E-state index contributed by atoms with van der Waals surface area (Å²) in [6, 6.07) is 6.16. The van der Waals surface area contributed by atoms with Crippen LogP contribution in [0.2, 0.25) is 0 Å². The summed E-state index contributed by atoms with van der Waals surface area (Å²) in [5.74, 6) is 0. The number of benzene rings is 1. The average Bonchev–Trinajstić information content (AvgIpc) is 2.74. The monoisotopic (exact) mass is 279 g/mol. The van der Waals surface area contributed by atoms with E-state index in [0.717, 1.165) is 25.7 Å². The Kier molecular flexibility index (Phi) is 3.52. The highest BCUT2D eigenvalue weighted by Crippen LogP contribution is 2.31. The molecule has 1 saturated carbocycles. The number of anilines is 1. The topological polar surface area (TPSA) is 96.0 Å². The molecular formula is C13H17N3O2S. The molecule has 1 aromatic rings. The van der Waals surface area contributed by atoms with Crippen LogP contribution in [0.5, 0.6) is 0 Å². The third-order valence-electron chi connectivity index (χ3n) is 3.52. The molecule has 0 amide bonds. The summed E-state index contributed by atoms with van der Waals surface area (Å²) in [6.45, 7) is 1.91. The van der Waals surface area contributed by atoms with Crippen molar-refractivity contribution in [3.8, 4) is 6.07 Å². The number of nitrogens with one attached hydrogen (secondary N) is 1. The van der Waals surface area contributed by atoms with Crippen LogP contribution in [0.3, 0.4) is 0 Å². The van der Waals surface area contributed by atoms with Gasteiger partial charge in [-0.2, -0.15) is 5.26 Å². The standard InChI is InChI=1S/C13H17N3O2S/c1-13(6-2-3-7-13)16-19(17,18)12-5-4-10(9-14)8-11(12)15/h4-5,8,16H,2-3,6-7,15H2,1H3. The third-order valence-corrected chi connectivity index (χ3v) is 5.23. The van der Waals surface area contributed by atoms with Gasteiger partial charge in [-0.15, -0.1) is 0 Å². The Morgan fingerprint density at radius 3 is 2.53 bits per heavy atom. The SMILES string of the molecule is CC1(NS(=O)(=O)c2ccc(C#N)cc2N)CCCC1. The molecule has 6 heteroatoms. The number of nitrogens with two attached hydrogens (primary N) is 1. The fraction of sp³-hybridized carbons (Fsp3) is 0.462. The first-order valence-corrected chi connectivity index (χ1v) is 7.68. The van der Waals surface area contributed by atoms with Gasteiger partial charge in [0.1, 0.15) is 4.90 Å². The molecule has 0 spiro atoms. The molecule has 5 nitrogen and oxygen atoms in total. The van der Waals surface area contributed by atoms with Crippen LogP contribution >= 0.6 is 0 Å². The number of nitriles is 1. The van der Waals surface area contributed by atoms with Crippen LogP contribution in [0.15, 0.2) is 23.1 Å². The minimum atomic E-state index is -3.64. The lowest BCUT2D eigenvalue weighted by atomic mass is 10.0. The van der Waals surface area contributed by atoms with Crippen LogP contribution in [-0.4, -0.2) is 14.0 Å². The van der Waals surface area contributed by atoms with Gasteiger partial charge in [0.2, 0.25) is 10.0 Å². The summed E-state index contributed by atoms with van der Waals surface area (Å²) < 4.78 is 27.4. The Morgan fingerprint density at radius 2 is 2.00 bits per heavy atom. The summed E-state index contributed by atoms with van der Waals surface area (Å²) in [6.07, 6.45) is 3.73. The lowest BCUT2D eigenvalue weighted by molar-refractivity contribution is 0.427. The van der Waals surface area contributed by atoms with Gasteiger partial charge in [0.05, 0.1) is 17.3 Å². The molecule has 2 rings (SSSR count). The zero-order valence-electron chi connectivity index (χ0n) is 10.8. The van der Waals surface area contributed by atoms with Crippen LogP contribution in [0.1, 0.15) is 38.2 Å². The molecule has 1 aromatic carbocycles. The van der Waals surface area contributed by atoms with E-state index in [2.05, 4.69) is 4.72 Å². The Balaban J connectivity index is 2.32. The van der Waals surface area contributed by atoms with Gasteiger partial charge in [-0.25, -0.2) is 13.1 Å². The van der Waals surface area contributed by atoms with E-state index in [0.29, 0.717) is 5.56 Å². The summed E-state index contributed by atoms with van der Waals surface area (Å²) in [5.41, 5.74) is 5.80. The van der Waals surface area contributed by atoms with Crippen LogP contribution < -0.4 is 10.5 Å². The van der Waals surface area contributed by atoms with Gasteiger partial charge in [0.25, 0.3) is 0 Å². The van der Waals surface area contributed by atoms with E-state index in [-0.39, 0.29) is 16.1 Å². The van der Waals surface area contributed by atoms with Gasteiger partial charge < -0.3 is 5.73 Å². The molecule has 0 aliphatic heterocycles. The first-order chi connectivity index (χ1) is 8.86. The molecular weight excluding hydrogens is 262 g/mol. The summed E-state index contributed by atoms with van der Waals surface area (Å²) in [7, 11) is -3.64. The quantitative estimate of drug-likeness (QED) is 0.824. The largest absolute Gasteiger partial charge is 0.398 e. The Hall–Kier alpha value is -1.58. The molecule has 0 unspecified atom stereocenters. The molecule has 0 saturated heterocycles. The van der Waals surface area contributed by atoms with E-state index < -0.39 is 10.0 Å². The first-order valence-electron chi connectivity index (χ1n) is 6.20.